The molecule has 24 heavy (non-hydrogen) atoms. The maximum absolute atomic E-state index is 10.6. The summed E-state index contributed by atoms with van der Waals surface area (Å²) in [6.07, 6.45) is 0. The number of phenolic OH excluding ortho intramolecular Hbond substituents is 1. The molecule has 0 aromatic heterocycles. The average Bonchev–Trinajstić information content (AvgIpc) is 2.61. The highest BCUT2D eigenvalue weighted by molar-refractivity contribution is 9.10. The van der Waals surface area contributed by atoms with Crippen molar-refractivity contribution in [1.29, 1.82) is 0 Å². The highest BCUT2D eigenvalue weighted by Crippen LogP contribution is 2.46. The summed E-state index contributed by atoms with van der Waals surface area (Å²) >= 11 is 3.40. The molecule has 3 aromatic rings. The van der Waals surface area contributed by atoms with Gasteiger partial charge in [-0.15, -0.1) is 0 Å². The van der Waals surface area contributed by atoms with Gasteiger partial charge in [-0.1, -0.05) is 42.5 Å². The molecule has 0 saturated carbocycles. The van der Waals surface area contributed by atoms with Gasteiger partial charge in [-0.25, -0.2) is 0 Å². The zero-order chi connectivity index (χ0) is 16.5. The lowest BCUT2D eigenvalue weighted by Gasteiger charge is -2.20. The monoisotopic (exact) mass is 382 g/mol. The molecule has 1 N–H and O–H groups in total. The molecule has 1 heterocycles. The van der Waals surface area contributed by atoms with Crippen LogP contribution >= 0.6 is 15.9 Å². The van der Waals surface area contributed by atoms with E-state index in [2.05, 4.69) is 15.9 Å². The molecule has 0 atom stereocenters. The molecule has 0 bridgehead atoms. The Kier molecular flexibility index (Phi) is 4.00. The van der Waals surface area contributed by atoms with Crippen LogP contribution in [0.2, 0.25) is 0 Å². The van der Waals surface area contributed by atoms with Gasteiger partial charge < -0.3 is 14.6 Å². The van der Waals surface area contributed by atoms with Gasteiger partial charge in [-0.2, -0.15) is 0 Å². The normalized spacial score (nSPS) is 13.2. The minimum Gasteiger partial charge on any atom is -0.506 e. The van der Waals surface area contributed by atoms with Gasteiger partial charge in [0.15, 0.2) is 0 Å². The Morgan fingerprint density at radius 1 is 0.792 bits per heavy atom. The lowest BCUT2D eigenvalue weighted by molar-refractivity contribution is 0.106. The largest absolute Gasteiger partial charge is 0.506 e. The van der Waals surface area contributed by atoms with E-state index in [0.29, 0.717) is 29.0 Å². The van der Waals surface area contributed by atoms with Gasteiger partial charge in [0, 0.05) is 5.56 Å². The van der Waals surface area contributed by atoms with Gasteiger partial charge in [0.2, 0.25) is 0 Å². The second-order valence-corrected chi connectivity index (χ2v) is 6.48. The molecule has 1 aliphatic rings. The maximum Gasteiger partial charge on any atom is 0.141 e. The molecule has 0 spiro atoms. The van der Waals surface area contributed by atoms with Crippen molar-refractivity contribution in [3.05, 3.63) is 76.3 Å². The molecule has 4 rings (SSSR count). The Morgan fingerprint density at radius 3 is 2.38 bits per heavy atom. The van der Waals surface area contributed by atoms with Crippen molar-refractivity contribution in [2.45, 2.75) is 13.2 Å². The third kappa shape index (κ3) is 2.68. The molecule has 1 aliphatic heterocycles. The fraction of sp³-hybridized carbons (Fsp3) is 0.100. The van der Waals surface area contributed by atoms with Crippen LogP contribution in [0.1, 0.15) is 11.1 Å². The fourth-order valence-corrected chi connectivity index (χ4v) is 3.23. The number of aromatic hydroxyl groups is 1. The number of rotatable bonds is 0. The predicted molar refractivity (Wildman–Crippen MR) is 96.3 cm³/mol. The molecular weight excluding hydrogens is 368 g/mol. The molecule has 120 valence electrons. The standard InChI is InChI=1S/C20H15BrO3/c21-16-9-10-18-19(20(16)22)15-7-3-1-5-13(15)11-23-12-14-6-2-4-8-17(14)24-18/h1-10,22H,11-12H2. The number of ether oxygens (including phenoxy) is 2. The lowest BCUT2D eigenvalue weighted by Crippen LogP contribution is -2.02. The summed E-state index contributed by atoms with van der Waals surface area (Å²) in [4.78, 5) is 0. The number of hydrogen-bond donors (Lipinski definition) is 1. The summed E-state index contributed by atoms with van der Waals surface area (Å²) < 4.78 is 12.7. The molecule has 3 nitrogen and oxygen atoms in total. The highest BCUT2D eigenvalue weighted by Gasteiger charge is 2.20. The Hall–Kier alpha value is -2.30. The lowest BCUT2D eigenvalue weighted by atomic mass is 9.98. The molecular formula is C20H15BrO3. The Balaban J connectivity index is 1.98. The second kappa shape index (κ2) is 6.30. The van der Waals surface area contributed by atoms with Crippen LogP contribution in [0.15, 0.2) is 65.1 Å². The SMILES string of the molecule is Oc1c(Br)ccc2c1-c1ccccc1COCc1ccccc1O2. The number of hydrogen-bond acceptors (Lipinski definition) is 3. The van der Waals surface area contributed by atoms with Crippen molar-refractivity contribution >= 4 is 15.9 Å². The van der Waals surface area contributed by atoms with Crippen LogP contribution in [-0.4, -0.2) is 5.11 Å². The first-order valence-corrected chi connectivity index (χ1v) is 8.46. The van der Waals surface area contributed by atoms with Crippen molar-refractivity contribution in [1.82, 2.24) is 0 Å². The van der Waals surface area contributed by atoms with E-state index in [0.717, 1.165) is 22.4 Å². The van der Waals surface area contributed by atoms with E-state index in [4.69, 9.17) is 9.47 Å². The van der Waals surface area contributed by atoms with Crippen molar-refractivity contribution in [3.63, 3.8) is 0 Å². The van der Waals surface area contributed by atoms with Crippen LogP contribution < -0.4 is 4.74 Å². The van der Waals surface area contributed by atoms with Gasteiger partial charge in [0.1, 0.15) is 17.2 Å². The van der Waals surface area contributed by atoms with Crippen LogP contribution in [-0.2, 0) is 18.0 Å². The third-order valence-electron chi connectivity index (χ3n) is 4.08. The van der Waals surface area contributed by atoms with E-state index in [9.17, 15) is 5.11 Å². The predicted octanol–water partition coefficient (Wildman–Crippen LogP) is 5.64. The number of phenols is 1. The topological polar surface area (TPSA) is 38.7 Å². The quantitative estimate of drug-likeness (QED) is 0.546. The van der Waals surface area contributed by atoms with Crippen LogP contribution in [0.3, 0.4) is 0 Å². The molecule has 3 aromatic carbocycles. The Morgan fingerprint density at radius 2 is 1.50 bits per heavy atom. The third-order valence-corrected chi connectivity index (χ3v) is 4.72. The molecule has 0 fully saturated rings. The first kappa shape index (κ1) is 15.2. The average molecular weight is 383 g/mol. The van der Waals surface area contributed by atoms with E-state index in [1.807, 2.05) is 54.6 Å². The molecule has 0 amide bonds. The Labute approximate surface area is 148 Å². The van der Waals surface area contributed by atoms with Crippen molar-refractivity contribution < 1.29 is 14.6 Å². The van der Waals surface area contributed by atoms with Gasteiger partial charge in [0.05, 0.1) is 23.2 Å². The van der Waals surface area contributed by atoms with E-state index in [-0.39, 0.29) is 5.75 Å². The van der Waals surface area contributed by atoms with Crippen LogP contribution in [0.5, 0.6) is 17.2 Å². The molecule has 0 aliphatic carbocycles. The zero-order valence-corrected chi connectivity index (χ0v) is 14.4. The summed E-state index contributed by atoms with van der Waals surface area (Å²) in [7, 11) is 0. The first-order chi connectivity index (χ1) is 11.7. The van der Waals surface area contributed by atoms with Gasteiger partial charge >= 0.3 is 0 Å². The summed E-state index contributed by atoms with van der Waals surface area (Å²) in [6, 6.07) is 19.4. The van der Waals surface area contributed by atoms with E-state index < -0.39 is 0 Å². The smallest absolute Gasteiger partial charge is 0.141 e. The molecule has 0 unspecified atom stereocenters. The number of benzene rings is 3. The van der Waals surface area contributed by atoms with Crippen molar-refractivity contribution in [3.8, 4) is 28.4 Å². The van der Waals surface area contributed by atoms with Crippen LogP contribution in [0.25, 0.3) is 11.1 Å². The summed E-state index contributed by atoms with van der Waals surface area (Å²) in [6.45, 7) is 0.943. The minimum absolute atomic E-state index is 0.165. The molecule has 0 saturated heterocycles. The molecule has 4 heteroatoms. The summed E-state index contributed by atoms with van der Waals surface area (Å²) in [5, 5.41) is 10.6. The number of para-hydroxylation sites is 1. The van der Waals surface area contributed by atoms with Crippen molar-refractivity contribution in [2.75, 3.05) is 0 Å². The first-order valence-electron chi connectivity index (χ1n) is 7.67. The van der Waals surface area contributed by atoms with E-state index in [1.54, 1.807) is 6.07 Å². The van der Waals surface area contributed by atoms with E-state index in [1.165, 1.54) is 0 Å². The Bertz CT molecular complexity index is 905. The fourth-order valence-electron chi connectivity index (χ4n) is 2.89. The number of fused-ring (bicyclic) bond motifs is 4. The van der Waals surface area contributed by atoms with Crippen LogP contribution in [0, 0.1) is 0 Å². The number of halogens is 1. The maximum atomic E-state index is 10.6. The molecule has 0 radical (unpaired) electrons. The zero-order valence-electron chi connectivity index (χ0n) is 12.8. The van der Waals surface area contributed by atoms with Gasteiger partial charge in [0.25, 0.3) is 0 Å². The minimum atomic E-state index is 0.165. The summed E-state index contributed by atoms with van der Waals surface area (Å²) in [5.41, 5.74) is 3.56. The van der Waals surface area contributed by atoms with Gasteiger partial charge in [-0.05, 0) is 45.3 Å². The summed E-state index contributed by atoms with van der Waals surface area (Å²) in [5.74, 6) is 1.52. The highest BCUT2D eigenvalue weighted by atomic mass is 79.9. The van der Waals surface area contributed by atoms with Crippen LogP contribution in [0.4, 0.5) is 0 Å². The van der Waals surface area contributed by atoms with Crippen molar-refractivity contribution in [2.24, 2.45) is 0 Å². The van der Waals surface area contributed by atoms with Gasteiger partial charge in [-0.3, -0.25) is 0 Å². The van der Waals surface area contributed by atoms with E-state index >= 15 is 0 Å². The second-order valence-electron chi connectivity index (χ2n) is 5.63.